The van der Waals surface area contributed by atoms with Crippen molar-refractivity contribution >= 4 is 55.7 Å². The van der Waals surface area contributed by atoms with Crippen LogP contribution in [0.15, 0.2) is 0 Å². The minimum absolute atomic E-state index is 0.109. The highest BCUT2D eigenvalue weighted by molar-refractivity contribution is 9.09. The number of halogens is 2. The van der Waals surface area contributed by atoms with Crippen LogP contribution in [0.5, 0.6) is 0 Å². The number of carbonyl (C=O) groups is 4. The van der Waals surface area contributed by atoms with Crippen LogP contribution in [-0.2, 0) is 38.1 Å². The number of carbonyl (C=O) groups excluding carboxylic acids is 4. The summed E-state index contributed by atoms with van der Waals surface area (Å²) >= 11 is 6.33. The molecule has 0 heterocycles. The summed E-state index contributed by atoms with van der Waals surface area (Å²) in [6, 6.07) is 0. The predicted molar refractivity (Wildman–Crippen MR) is 89.8 cm³/mol. The van der Waals surface area contributed by atoms with Crippen LogP contribution in [0.25, 0.3) is 0 Å². The second kappa shape index (κ2) is 11.4. The fraction of sp³-hybridized carbons (Fsp3) is 0.714. The van der Waals surface area contributed by atoms with E-state index in [9.17, 15) is 19.2 Å². The summed E-state index contributed by atoms with van der Waals surface area (Å²) in [7, 11) is 0. The number of hydrogen-bond acceptors (Lipinski definition) is 8. The van der Waals surface area contributed by atoms with Gasteiger partial charge in [0.15, 0.2) is 24.4 Å². The van der Waals surface area contributed by atoms with Crippen molar-refractivity contribution in [1.29, 1.82) is 0 Å². The van der Waals surface area contributed by atoms with Gasteiger partial charge >= 0.3 is 23.9 Å². The maximum absolute atomic E-state index is 11.4. The molecule has 138 valence electrons. The molecule has 0 aliphatic heterocycles. The summed E-state index contributed by atoms with van der Waals surface area (Å²) in [4.78, 5) is 45.5. The van der Waals surface area contributed by atoms with Gasteiger partial charge in [-0.15, -0.1) is 0 Å². The minimum Gasteiger partial charge on any atom is -0.458 e. The van der Waals surface area contributed by atoms with E-state index >= 15 is 0 Å². The third-order valence-electron chi connectivity index (χ3n) is 2.60. The Morgan fingerprint density at radius 2 is 0.875 bits per heavy atom. The van der Waals surface area contributed by atoms with Crippen LogP contribution in [0.1, 0.15) is 27.7 Å². The highest BCUT2D eigenvalue weighted by Gasteiger charge is 2.42. The highest BCUT2D eigenvalue weighted by Crippen LogP contribution is 2.21. The van der Waals surface area contributed by atoms with Crippen molar-refractivity contribution in [2.75, 3.05) is 10.7 Å². The summed E-state index contributed by atoms with van der Waals surface area (Å²) in [5, 5.41) is 0.217. The monoisotopic (exact) mass is 474 g/mol. The fourth-order valence-corrected chi connectivity index (χ4v) is 2.89. The molecule has 0 saturated heterocycles. The molecule has 0 fully saturated rings. The summed E-state index contributed by atoms with van der Waals surface area (Å²) in [5.74, 6) is -2.57. The summed E-state index contributed by atoms with van der Waals surface area (Å²) in [5.41, 5.74) is 0. The number of rotatable bonds is 9. The van der Waals surface area contributed by atoms with Gasteiger partial charge in [-0.1, -0.05) is 31.9 Å². The zero-order valence-corrected chi connectivity index (χ0v) is 16.9. The molecule has 0 spiro atoms. The first-order valence-electron chi connectivity index (χ1n) is 6.93. The molecule has 0 saturated carbocycles. The first kappa shape index (κ1) is 22.8. The number of ether oxygens (including phenoxy) is 4. The topological polar surface area (TPSA) is 105 Å². The van der Waals surface area contributed by atoms with E-state index in [0.29, 0.717) is 0 Å². The molecule has 24 heavy (non-hydrogen) atoms. The third kappa shape index (κ3) is 8.62. The van der Waals surface area contributed by atoms with Crippen LogP contribution in [-0.4, -0.2) is 59.0 Å². The van der Waals surface area contributed by atoms with Crippen LogP contribution in [0, 0.1) is 0 Å². The van der Waals surface area contributed by atoms with E-state index in [1.54, 1.807) is 0 Å². The molecule has 0 N–H and O–H groups in total. The zero-order chi connectivity index (χ0) is 18.9. The first-order valence-corrected chi connectivity index (χ1v) is 9.17. The Morgan fingerprint density at radius 3 is 1.04 bits per heavy atom. The van der Waals surface area contributed by atoms with Gasteiger partial charge in [0.05, 0.1) is 0 Å². The maximum Gasteiger partial charge on any atom is 0.303 e. The number of esters is 4. The molecule has 4 atom stereocenters. The molecule has 0 amide bonds. The van der Waals surface area contributed by atoms with Gasteiger partial charge in [-0.3, -0.25) is 19.2 Å². The van der Waals surface area contributed by atoms with E-state index in [4.69, 9.17) is 18.9 Å². The van der Waals surface area contributed by atoms with Gasteiger partial charge in [0.1, 0.15) is 0 Å². The molecule has 0 aromatic carbocycles. The van der Waals surface area contributed by atoms with Crippen molar-refractivity contribution in [3.8, 4) is 0 Å². The van der Waals surface area contributed by atoms with Gasteiger partial charge < -0.3 is 18.9 Å². The third-order valence-corrected chi connectivity index (χ3v) is 3.88. The van der Waals surface area contributed by atoms with Crippen LogP contribution in [0.3, 0.4) is 0 Å². The van der Waals surface area contributed by atoms with Crippen molar-refractivity contribution in [2.45, 2.75) is 52.1 Å². The summed E-state index contributed by atoms with van der Waals surface area (Å²) in [6.45, 7) is 4.70. The van der Waals surface area contributed by atoms with Crippen LogP contribution in [0.4, 0.5) is 0 Å². The Labute approximate surface area is 156 Å². The molecule has 0 aliphatic rings. The molecular formula is C14H20Br2O8. The summed E-state index contributed by atoms with van der Waals surface area (Å²) < 4.78 is 20.6. The van der Waals surface area contributed by atoms with Gasteiger partial charge in [-0.2, -0.15) is 0 Å². The van der Waals surface area contributed by atoms with Crippen LogP contribution >= 0.6 is 31.9 Å². The van der Waals surface area contributed by atoms with Gasteiger partial charge in [0.25, 0.3) is 0 Å². The fourth-order valence-electron chi connectivity index (χ4n) is 1.89. The molecule has 4 unspecified atom stereocenters. The largest absolute Gasteiger partial charge is 0.458 e. The Bertz CT molecular complexity index is 426. The maximum atomic E-state index is 11.4. The van der Waals surface area contributed by atoms with Crippen LogP contribution in [0.2, 0.25) is 0 Å². The number of alkyl halides is 2. The lowest BCUT2D eigenvalue weighted by Crippen LogP contribution is -2.52. The number of hydrogen-bond donors (Lipinski definition) is 0. The molecule has 0 aromatic rings. The average molecular weight is 476 g/mol. The molecule has 0 rings (SSSR count). The van der Waals surface area contributed by atoms with E-state index in [1.165, 1.54) is 13.8 Å². The Hall–Kier alpha value is -1.16. The smallest absolute Gasteiger partial charge is 0.303 e. The molecule has 0 aliphatic carbocycles. The average Bonchev–Trinajstić information content (AvgIpc) is 2.45. The molecular weight excluding hydrogens is 456 g/mol. The summed E-state index contributed by atoms with van der Waals surface area (Å²) in [6.07, 6.45) is -4.24. The molecule has 0 radical (unpaired) electrons. The normalized spacial score (nSPS) is 15.4. The zero-order valence-electron chi connectivity index (χ0n) is 13.7. The predicted octanol–water partition coefficient (Wildman–Crippen LogP) is 1.50. The van der Waals surface area contributed by atoms with E-state index in [1.807, 2.05) is 0 Å². The lowest BCUT2D eigenvalue weighted by atomic mass is 10.0. The lowest BCUT2D eigenvalue weighted by Gasteiger charge is -2.34. The second-order valence-corrected chi connectivity index (χ2v) is 6.05. The Balaban J connectivity index is 5.74. The van der Waals surface area contributed by atoms with Crippen molar-refractivity contribution in [3.63, 3.8) is 0 Å². The van der Waals surface area contributed by atoms with E-state index in [0.717, 1.165) is 13.8 Å². The van der Waals surface area contributed by atoms with Crippen molar-refractivity contribution < 1.29 is 38.1 Å². The molecule has 0 bridgehead atoms. The van der Waals surface area contributed by atoms with Crippen LogP contribution < -0.4 is 0 Å². The lowest BCUT2D eigenvalue weighted by molar-refractivity contribution is -0.194. The van der Waals surface area contributed by atoms with E-state index in [2.05, 4.69) is 31.9 Å². The quantitative estimate of drug-likeness (QED) is 0.280. The Kier molecular flexibility index (Phi) is 10.9. The standard InChI is InChI=1S/C14H20Br2O8/c1-7(17)21-11(5-15)13(23-9(3)19)14(24-10(4)20)12(6-16)22-8(2)18/h11-14H,5-6H2,1-4H3. The SMILES string of the molecule is CC(=O)OC(CBr)C(OC(C)=O)C(OC(C)=O)C(CBr)OC(C)=O. The van der Waals surface area contributed by atoms with Gasteiger partial charge in [-0.05, 0) is 0 Å². The van der Waals surface area contributed by atoms with E-state index in [-0.39, 0.29) is 10.7 Å². The van der Waals surface area contributed by atoms with Gasteiger partial charge in [0, 0.05) is 38.4 Å². The van der Waals surface area contributed by atoms with E-state index < -0.39 is 48.3 Å². The molecule has 8 nitrogen and oxygen atoms in total. The molecule has 10 heteroatoms. The van der Waals surface area contributed by atoms with Crippen molar-refractivity contribution in [1.82, 2.24) is 0 Å². The van der Waals surface area contributed by atoms with Crippen molar-refractivity contribution in [2.24, 2.45) is 0 Å². The second-order valence-electron chi connectivity index (χ2n) is 4.75. The van der Waals surface area contributed by atoms with Crippen molar-refractivity contribution in [3.05, 3.63) is 0 Å². The Morgan fingerprint density at radius 1 is 0.625 bits per heavy atom. The minimum atomic E-state index is -1.17. The van der Waals surface area contributed by atoms with Gasteiger partial charge in [0.2, 0.25) is 0 Å². The highest BCUT2D eigenvalue weighted by atomic mass is 79.9. The molecule has 0 aromatic heterocycles. The van der Waals surface area contributed by atoms with Gasteiger partial charge in [-0.25, -0.2) is 0 Å². The first-order chi connectivity index (χ1) is 11.1.